The molecule has 2 aromatic carbocycles. The van der Waals surface area contributed by atoms with E-state index in [1.165, 1.54) is 0 Å². The molecule has 1 amide bonds. The first kappa shape index (κ1) is 16.8. The van der Waals surface area contributed by atoms with E-state index in [9.17, 15) is 4.79 Å². The quantitative estimate of drug-likeness (QED) is 0.502. The Morgan fingerprint density at radius 3 is 2.74 bits per heavy atom. The van der Waals surface area contributed by atoms with Gasteiger partial charge in [0, 0.05) is 36.0 Å². The minimum absolute atomic E-state index is 0.0306. The number of carbonyl (C=O) groups excluding carboxylic acids is 1. The van der Waals surface area contributed by atoms with Crippen LogP contribution in [0.15, 0.2) is 77.3 Å². The summed E-state index contributed by atoms with van der Waals surface area (Å²) in [6.45, 7) is 1.82. The summed E-state index contributed by atoms with van der Waals surface area (Å²) < 4.78 is 12.0. The number of hydrogen-bond donors (Lipinski definition) is 1. The molecule has 5 heteroatoms. The zero-order valence-corrected chi connectivity index (χ0v) is 14.8. The number of furan rings is 1. The first-order chi connectivity index (χ1) is 13.2. The van der Waals surface area contributed by atoms with Crippen molar-refractivity contribution in [1.29, 1.82) is 0 Å². The van der Waals surface area contributed by atoms with Gasteiger partial charge in [-0.1, -0.05) is 37.3 Å². The summed E-state index contributed by atoms with van der Waals surface area (Å²) in [6, 6.07) is 20.7. The van der Waals surface area contributed by atoms with E-state index in [-0.39, 0.29) is 5.91 Å². The minimum Gasteiger partial charge on any atom is -0.453 e. The molecule has 1 N–H and O–H groups in total. The third kappa shape index (κ3) is 3.67. The summed E-state index contributed by atoms with van der Waals surface area (Å²) in [5, 5.41) is 2.86. The highest BCUT2D eigenvalue weighted by atomic mass is 16.5. The van der Waals surface area contributed by atoms with Gasteiger partial charge in [0.05, 0.1) is 0 Å². The molecule has 0 spiro atoms. The van der Waals surface area contributed by atoms with Crippen LogP contribution in [-0.2, 0) is 4.79 Å². The molecular weight excluding hydrogens is 340 g/mol. The maximum atomic E-state index is 11.6. The fraction of sp³-hybridized carbons (Fsp3) is 0.0909. The van der Waals surface area contributed by atoms with Crippen LogP contribution in [0.3, 0.4) is 0 Å². The average Bonchev–Trinajstić information content (AvgIpc) is 3.14. The third-order valence-electron chi connectivity index (χ3n) is 4.10. The number of pyridine rings is 1. The van der Waals surface area contributed by atoms with E-state index >= 15 is 0 Å². The smallest absolute Gasteiger partial charge is 0.224 e. The summed E-state index contributed by atoms with van der Waals surface area (Å²) in [4.78, 5) is 16.0. The predicted octanol–water partition coefficient (Wildman–Crippen LogP) is 5.64. The number of rotatable bonds is 5. The van der Waals surface area contributed by atoms with Crippen LogP contribution in [0.5, 0.6) is 11.5 Å². The number of hydrogen-bond acceptors (Lipinski definition) is 4. The van der Waals surface area contributed by atoms with Crippen LogP contribution in [0.25, 0.3) is 22.4 Å². The molecule has 0 fully saturated rings. The molecule has 0 saturated carbocycles. The van der Waals surface area contributed by atoms with Gasteiger partial charge in [-0.05, 0) is 24.3 Å². The van der Waals surface area contributed by atoms with Gasteiger partial charge < -0.3 is 14.5 Å². The van der Waals surface area contributed by atoms with Crippen molar-refractivity contribution in [3.8, 4) is 22.8 Å². The van der Waals surface area contributed by atoms with Crippen LogP contribution >= 0.6 is 0 Å². The molecule has 134 valence electrons. The summed E-state index contributed by atoms with van der Waals surface area (Å²) >= 11 is 0. The van der Waals surface area contributed by atoms with Crippen molar-refractivity contribution in [2.24, 2.45) is 0 Å². The second-order valence-electron chi connectivity index (χ2n) is 6.03. The molecule has 0 aliphatic heterocycles. The molecule has 2 aromatic heterocycles. The number of benzene rings is 2. The number of ether oxygens (including phenoxy) is 1. The van der Waals surface area contributed by atoms with E-state index in [0.29, 0.717) is 29.0 Å². The van der Waals surface area contributed by atoms with E-state index in [0.717, 1.165) is 17.0 Å². The molecule has 0 radical (unpaired) electrons. The van der Waals surface area contributed by atoms with E-state index in [4.69, 9.17) is 9.15 Å². The van der Waals surface area contributed by atoms with Gasteiger partial charge in [0.1, 0.15) is 17.0 Å². The molecule has 4 aromatic rings. The number of carbonyl (C=O) groups is 1. The highest BCUT2D eigenvalue weighted by Gasteiger charge is 2.13. The Hall–Kier alpha value is -3.60. The number of anilines is 1. The fourth-order valence-corrected chi connectivity index (χ4v) is 2.75. The Morgan fingerprint density at radius 1 is 1.07 bits per heavy atom. The predicted molar refractivity (Wildman–Crippen MR) is 105 cm³/mol. The summed E-state index contributed by atoms with van der Waals surface area (Å²) in [5.41, 5.74) is 2.88. The van der Waals surface area contributed by atoms with E-state index in [1.54, 1.807) is 12.3 Å². The van der Waals surface area contributed by atoms with Gasteiger partial charge in [-0.25, -0.2) is 0 Å². The van der Waals surface area contributed by atoms with Gasteiger partial charge in [0.25, 0.3) is 0 Å². The highest BCUT2D eigenvalue weighted by molar-refractivity contribution is 5.91. The number of fused-ring (bicyclic) bond motifs is 1. The van der Waals surface area contributed by atoms with Gasteiger partial charge in [-0.3, -0.25) is 9.78 Å². The molecule has 4 rings (SSSR count). The Kier molecular flexibility index (Phi) is 4.58. The standard InChI is InChI=1S/C22H18N2O3/c1-2-21(25)24-16-8-6-7-15(13-16)20-14-18-22(27-20)19(11-12-23-18)26-17-9-4-3-5-10-17/h3-14H,2H2,1H3,(H,24,25). The van der Waals surface area contributed by atoms with Gasteiger partial charge >= 0.3 is 0 Å². The number of para-hydroxylation sites is 1. The van der Waals surface area contributed by atoms with E-state index in [1.807, 2.05) is 67.6 Å². The van der Waals surface area contributed by atoms with E-state index in [2.05, 4.69) is 10.3 Å². The van der Waals surface area contributed by atoms with Crippen molar-refractivity contribution < 1.29 is 13.9 Å². The first-order valence-electron chi connectivity index (χ1n) is 8.74. The normalized spacial score (nSPS) is 10.7. The van der Waals surface area contributed by atoms with Crippen molar-refractivity contribution in [3.63, 3.8) is 0 Å². The summed E-state index contributed by atoms with van der Waals surface area (Å²) in [7, 11) is 0. The SMILES string of the molecule is CCC(=O)Nc1cccc(-c2cc3nccc(Oc4ccccc4)c3o2)c1. The Bertz CT molecular complexity index is 1090. The number of nitrogens with zero attached hydrogens (tertiary/aromatic N) is 1. The first-order valence-corrected chi connectivity index (χ1v) is 8.74. The van der Waals surface area contributed by atoms with Crippen LogP contribution in [0, 0.1) is 0 Å². The molecule has 0 bridgehead atoms. The fourth-order valence-electron chi connectivity index (χ4n) is 2.75. The molecule has 27 heavy (non-hydrogen) atoms. The topological polar surface area (TPSA) is 64.4 Å². The lowest BCUT2D eigenvalue weighted by Crippen LogP contribution is -2.09. The largest absolute Gasteiger partial charge is 0.453 e. The Balaban J connectivity index is 1.69. The second kappa shape index (κ2) is 7.33. The average molecular weight is 358 g/mol. The molecule has 0 aliphatic carbocycles. The van der Waals surface area contributed by atoms with Crippen molar-refractivity contribution in [2.75, 3.05) is 5.32 Å². The maximum absolute atomic E-state index is 11.6. The maximum Gasteiger partial charge on any atom is 0.224 e. The van der Waals surface area contributed by atoms with Crippen LogP contribution in [-0.4, -0.2) is 10.9 Å². The second-order valence-corrected chi connectivity index (χ2v) is 6.03. The number of aromatic nitrogens is 1. The van der Waals surface area contributed by atoms with Crippen molar-refractivity contribution in [2.45, 2.75) is 13.3 Å². The van der Waals surface area contributed by atoms with Crippen molar-refractivity contribution in [3.05, 3.63) is 72.9 Å². The zero-order chi connectivity index (χ0) is 18.6. The Morgan fingerprint density at radius 2 is 1.93 bits per heavy atom. The van der Waals surface area contributed by atoms with Gasteiger partial charge in [-0.2, -0.15) is 0 Å². The molecule has 5 nitrogen and oxygen atoms in total. The lowest BCUT2D eigenvalue weighted by atomic mass is 10.1. The monoisotopic (exact) mass is 358 g/mol. The van der Waals surface area contributed by atoms with Crippen molar-refractivity contribution >= 4 is 22.7 Å². The molecule has 2 heterocycles. The van der Waals surface area contributed by atoms with Crippen LogP contribution in [0.2, 0.25) is 0 Å². The molecular formula is C22H18N2O3. The zero-order valence-electron chi connectivity index (χ0n) is 14.8. The number of nitrogens with one attached hydrogen (secondary N) is 1. The van der Waals surface area contributed by atoms with Gasteiger partial charge in [0.2, 0.25) is 5.91 Å². The Labute approximate surface area is 156 Å². The van der Waals surface area contributed by atoms with Gasteiger partial charge in [-0.15, -0.1) is 0 Å². The lowest BCUT2D eigenvalue weighted by Gasteiger charge is -2.06. The van der Waals surface area contributed by atoms with E-state index < -0.39 is 0 Å². The highest BCUT2D eigenvalue weighted by Crippen LogP contribution is 2.35. The number of amides is 1. The third-order valence-corrected chi connectivity index (χ3v) is 4.10. The molecule has 0 unspecified atom stereocenters. The molecule has 0 aliphatic rings. The summed E-state index contributed by atoms with van der Waals surface area (Å²) in [6.07, 6.45) is 2.12. The molecule has 0 atom stereocenters. The van der Waals surface area contributed by atoms with Crippen LogP contribution in [0.4, 0.5) is 5.69 Å². The van der Waals surface area contributed by atoms with Gasteiger partial charge in [0.15, 0.2) is 11.3 Å². The lowest BCUT2D eigenvalue weighted by molar-refractivity contribution is -0.115. The van der Waals surface area contributed by atoms with Crippen LogP contribution in [0.1, 0.15) is 13.3 Å². The van der Waals surface area contributed by atoms with Crippen molar-refractivity contribution in [1.82, 2.24) is 4.98 Å². The minimum atomic E-state index is -0.0306. The summed E-state index contributed by atoms with van der Waals surface area (Å²) in [5.74, 6) is 1.96. The van der Waals surface area contributed by atoms with Crippen LogP contribution < -0.4 is 10.1 Å². The molecule has 0 saturated heterocycles.